The summed E-state index contributed by atoms with van der Waals surface area (Å²) in [5, 5.41) is 0. The summed E-state index contributed by atoms with van der Waals surface area (Å²) in [6, 6.07) is 0. The van der Waals surface area contributed by atoms with Crippen LogP contribution in [0.15, 0.2) is 0 Å². The van der Waals surface area contributed by atoms with Crippen molar-refractivity contribution >= 4 is 17.6 Å². The van der Waals surface area contributed by atoms with Crippen LogP contribution in [0, 0.1) is 0 Å². The maximum absolute atomic E-state index is 11.6. The van der Waals surface area contributed by atoms with E-state index in [-0.39, 0.29) is 24.0 Å². The van der Waals surface area contributed by atoms with E-state index in [1.807, 2.05) is 0 Å². The number of amides is 2. The summed E-state index contributed by atoms with van der Waals surface area (Å²) in [4.78, 5) is 36.9. The second-order valence-corrected chi connectivity index (χ2v) is 4.09. The van der Waals surface area contributed by atoms with Crippen LogP contribution in [-0.2, 0) is 14.4 Å². The zero-order valence-electron chi connectivity index (χ0n) is 9.86. The molecule has 5 heteroatoms. The molecule has 2 amide bonds. The van der Waals surface area contributed by atoms with Gasteiger partial charge in [0.05, 0.1) is 0 Å². The molecule has 16 heavy (non-hydrogen) atoms. The number of rotatable bonds is 3. The smallest absolute Gasteiger partial charge is 0.223 e. The molecule has 0 unspecified atom stereocenters. The Morgan fingerprint density at radius 1 is 0.875 bits per heavy atom. The van der Waals surface area contributed by atoms with Gasteiger partial charge in [-0.15, -0.1) is 0 Å². The lowest BCUT2D eigenvalue weighted by Crippen LogP contribution is -2.50. The summed E-state index contributed by atoms with van der Waals surface area (Å²) < 4.78 is 0. The molecule has 1 aliphatic heterocycles. The first-order valence-electron chi connectivity index (χ1n) is 5.53. The molecule has 0 spiro atoms. The van der Waals surface area contributed by atoms with Gasteiger partial charge in [-0.25, -0.2) is 0 Å². The molecule has 1 rings (SSSR count). The van der Waals surface area contributed by atoms with Crippen LogP contribution >= 0.6 is 0 Å². The minimum atomic E-state index is 0.0124. The quantitative estimate of drug-likeness (QED) is 0.683. The number of ketones is 1. The molecule has 90 valence electrons. The monoisotopic (exact) mass is 226 g/mol. The average Bonchev–Trinajstić information content (AvgIpc) is 2.26. The maximum atomic E-state index is 11.6. The summed E-state index contributed by atoms with van der Waals surface area (Å²) in [5.41, 5.74) is 0. The van der Waals surface area contributed by atoms with Crippen molar-refractivity contribution in [3.8, 4) is 0 Å². The van der Waals surface area contributed by atoms with Crippen LogP contribution in [0.3, 0.4) is 0 Å². The van der Waals surface area contributed by atoms with Crippen LogP contribution in [-0.4, -0.2) is 53.6 Å². The first-order valence-corrected chi connectivity index (χ1v) is 5.53. The highest BCUT2D eigenvalue weighted by Crippen LogP contribution is 2.05. The molecule has 0 aromatic rings. The van der Waals surface area contributed by atoms with Crippen molar-refractivity contribution in [2.45, 2.75) is 26.7 Å². The molecule has 0 bridgehead atoms. The number of piperazine rings is 1. The molecular weight excluding hydrogens is 208 g/mol. The molecule has 0 aliphatic carbocycles. The van der Waals surface area contributed by atoms with Gasteiger partial charge < -0.3 is 14.6 Å². The normalized spacial score (nSPS) is 16.1. The number of carbonyl (C=O) groups excluding carboxylic acids is 3. The van der Waals surface area contributed by atoms with Crippen LogP contribution in [0.2, 0.25) is 0 Å². The lowest BCUT2D eigenvalue weighted by Gasteiger charge is -2.34. The largest absolute Gasteiger partial charge is 0.339 e. The number of nitrogens with zero attached hydrogens (tertiary/aromatic N) is 2. The zero-order chi connectivity index (χ0) is 12.1. The van der Waals surface area contributed by atoms with E-state index in [0.717, 1.165) is 0 Å². The fourth-order valence-electron chi connectivity index (χ4n) is 1.71. The predicted octanol–water partition coefficient (Wildman–Crippen LogP) is 0.0463. The summed E-state index contributed by atoms with van der Waals surface area (Å²) in [5.74, 6) is 0.102. The highest BCUT2D eigenvalue weighted by Gasteiger charge is 2.21. The van der Waals surface area contributed by atoms with Crippen molar-refractivity contribution in [2.24, 2.45) is 0 Å². The summed E-state index contributed by atoms with van der Waals surface area (Å²) in [6.07, 6.45) is 0.598. The van der Waals surface area contributed by atoms with Gasteiger partial charge in [0.15, 0.2) is 0 Å². The van der Waals surface area contributed by atoms with E-state index in [1.54, 1.807) is 9.80 Å². The molecule has 0 aromatic carbocycles. The first kappa shape index (κ1) is 12.7. The van der Waals surface area contributed by atoms with Crippen molar-refractivity contribution in [3.05, 3.63) is 0 Å². The molecule has 0 N–H and O–H groups in total. The fraction of sp³-hybridized carbons (Fsp3) is 0.727. The van der Waals surface area contributed by atoms with Gasteiger partial charge in [0.2, 0.25) is 11.8 Å². The molecule has 1 saturated heterocycles. The van der Waals surface area contributed by atoms with Gasteiger partial charge in [0.1, 0.15) is 5.78 Å². The van der Waals surface area contributed by atoms with E-state index in [1.165, 1.54) is 13.8 Å². The second kappa shape index (κ2) is 5.63. The average molecular weight is 226 g/mol. The lowest BCUT2D eigenvalue weighted by molar-refractivity contribution is -0.139. The third-order valence-corrected chi connectivity index (χ3v) is 2.77. The Balaban J connectivity index is 2.33. The van der Waals surface area contributed by atoms with Crippen LogP contribution < -0.4 is 0 Å². The van der Waals surface area contributed by atoms with Gasteiger partial charge in [-0.2, -0.15) is 0 Å². The van der Waals surface area contributed by atoms with E-state index in [9.17, 15) is 14.4 Å². The molecular formula is C11H18N2O3. The van der Waals surface area contributed by atoms with Crippen molar-refractivity contribution in [1.82, 2.24) is 9.80 Å². The minimum Gasteiger partial charge on any atom is -0.339 e. The van der Waals surface area contributed by atoms with E-state index < -0.39 is 0 Å². The third kappa shape index (κ3) is 3.64. The SMILES string of the molecule is CC(=O)CCC(=O)N1CCN(C(C)=O)CC1. The van der Waals surface area contributed by atoms with Gasteiger partial charge in [0, 0.05) is 45.9 Å². The number of hydrogen-bond donors (Lipinski definition) is 0. The Hall–Kier alpha value is -1.39. The van der Waals surface area contributed by atoms with E-state index in [0.29, 0.717) is 32.6 Å². The first-order chi connectivity index (χ1) is 7.50. The van der Waals surface area contributed by atoms with Gasteiger partial charge in [-0.05, 0) is 6.92 Å². The molecule has 5 nitrogen and oxygen atoms in total. The fourth-order valence-corrected chi connectivity index (χ4v) is 1.71. The van der Waals surface area contributed by atoms with Crippen molar-refractivity contribution in [2.75, 3.05) is 26.2 Å². The van der Waals surface area contributed by atoms with Crippen LogP contribution in [0.5, 0.6) is 0 Å². The van der Waals surface area contributed by atoms with Gasteiger partial charge >= 0.3 is 0 Å². The minimum absolute atomic E-state index is 0.0124. The number of carbonyl (C=O) groups is 3. The Bertz CT molecular complexity index is 294. The standard InChI is InChI=1S/C11H18N2O3/c1-9(14)3-4-11(16)13-7-5-12(6-8-13)10(2)15/h3-8H2,1-2H3. The second-order valence-electron chi connectivity index (χ2n) is 4.09. The highest BCUT2D eigenvalue weighted by molar-refractivity contribution is 5.83. The molecule has 1 fully saturated rings. The van der Waals surface area contributed by atoms with Crippen molar-refractivity contribution < 1.29 is 14.4 Å². The predicted molar refractivity (Wildman–Crippen MR) is 58.7 cm³/mol. The molecule has 0 saturated carbocycles. The topological polar surface area (TPSA) is 57.7 Å². The molecule has 0 radical (unpaired) electrons. The lowest BCUT2D eigenvalue weighted by atomic mass is 10.2. The molecule has 0 aromatic heterocycles. The summed E-state index contributed by atoms with van der Waals surface area (Å²) >= 11 is 0. The van der Waals surface area contributed by atoms with Crippen LogP contribution in [0.4, 0.5) is 0 Å². The molecule has 0 atom stereocenters. The Kier molecular flexibility index (Phi) is 4.46. The van der Waals surface area contributed by atoms with Gasteiger partial charge in [-0.3, -0.25) is 9.59 Å². The Morgan fingerprint density at radius 2 is 1.38 bits per heavy atom. The summed E-state index contributed by atoms with van der Waals surface area (Å²) in [7, 11) is 0. The third-order valence-electron chi connectivity index (χ3n) is 2.77. The van der Waals surface area contributed by atoms with E-state index >= 15 is 0 Å². The van der Waals surface area contributed by atoms with E-state index in [2.05, 4.69) is 0 Å². The Labute approximate surface area is 95.4 Å². The number of hydrogen-bond acceptors (Lipinski definition) is 3. The Morgan fingerprint density at radius 3 is 1.81 bits per heavy atom. The van der Waals surface area contributed by atoms with Crippen molar-refractivity contribution in [3.63, 3.8) is 0 Å². The molecule has 1 heterocycles. The van der Waals surface area contributed by atoms with Gasteiger partial charge in [-0.1, -0.05) is 0 Å². The van der Waals surface area contributed by atoms with Crippen LogP contribution in [0.25, 0.3) is 0 Å². The molecule has 1 aliphatic rings. The summed E-state index contributed by atoms with van der Waals surface area (Å²) in [6.45, 7) is 5.38. The van der Waals surface area contributed by atoms with Gasteiger partial charge in [0.25, 0.3) is 0 Å². The van der Waals surface area contributed by atoms with Crippen molar-refractivity contribution in [1.29, 1.82) is 0 Å². The maximum Gasteiger partial charge on any atom is 0.223 e. The highest BCUT2D eigenvalue weighted by atomic mass is 16.2. The van der Waals surface area contributed by atoms with Crippen LogP contribution in [0.1, 0.15) is 26.7 Å². The number of Topliss-reactive ketones (excluding diaryl/α,β-unsaturated/α-hetero) is 1. The van der Waals surface area contributed by atoms with E-state index in [4.69, 9.17) is 0 Å². The zero-order valence-corrected chi connectivity index (χ0v) is 9.86.